The quantitative estimate of drug-likeness (QED) is 0.593. The van der Waals surface area contributed by atoms with Crippen LogP contribution in [-0.2, 0) is 0 Å². The van der Waals surface area contributed by atoms with Crippen molar-refractivity contribution in [1.82, 2.24) is 15.5 Å². The molecule has 5 nitrogen and oxygen atoms in total. The number of likely N-dealkylation sites (tertiary alicyclic amines) is 1. The highest BCUT2D eigenvalue weighted by Crippen LogP contribution is 2.15. The van der Waals surface area contributed by atoms with Gasteiger partial charge in [-0.1, -0.05) is 13.8 Å². The Kier molecular flexibility index (Phi) is 8.62. The molecule has 0 aliphatic carbocycles. The van der Waals surface area contributed by atoms with Gasteiger partial charge in [-0.05, 0) is 57.7 Å². The van der Waals surface area contributed by atoms with Crippen LogP contribution in [0.5, 0.6) is 0 Å². The van der Waals surface area contributed by atoms with Crippen molar-refractivity contribution in [2.45, 2.75) is 52.0 Å². The third-order valence-electron chi connectivity index (χ3n) is 4.12. The first-order chi connectivity index (χ1) is 9.65. The largest absolute Gasteiger partial charge is 0.396 e. The molecule has 0 saturated carbocycles. The van der Waals surface area contributed by atoms with E-state index in [2.05, 4.69) is 22.5 Å². The predicted octanol–water partition coefficient (Wildman–Crippen LogP) is 1.57. The molecular weight excluding hydrogens is 254 g/mol. The molecule has 0 radical (unpaired) electrons. The number of rotatable bonds is 8. The van der Waals surface area contributed by atoms with Crippen molar-refractivity contribution < 1.29 is 9.90 Å². The van der Waals surface area contributed by atoms with E-state index in [1.807, 2.05) is 6.92 Å². The molecule has 20 heavy (non-hydrogen) atoms. The Morgan fingerprint density at radius 2 is 2.10 bits per heavy atom. The lowest BCUT2D eigenvalue weighted by Gasteiger charge is -2.30. The topological polar surface area (TPSA) is 64.6 Å². The molecule has 0 aromatic carbocycles. The molecule has 1 heterocycles. The molecule has 3 N–H and O–H groups in total. The fourth-order valence-electron chi connectivity index (χ4n) is 2.56. The van der Waals surface area contributed by atoms with E-state index in [4.69, 9.17) is 5.11 Å². The van der Waals surface area contributed by atoms with Gasteiger partial charge in [0.25, 0.3) is 0 Å². The highest BCUT2D eigenvalue weighted by molar-refractivity contribution is 5.74. The first kappa shape index (κ1) is 17.2. The average Bonchev–Trinajstić information content (AvgIpc) is 2.45. The summed E-state index contributed by atoms with van der Waals surface area (Å²) in [5.74, 6) is 0.868. The van der Waals surface area contributed by atoms with Crippen molar-refractivity contribution in [2.24, 2.45) is 5.92 Å². The first-order valence-electron chi connectivity index (χ1n) is 8.03. The monoisotopic (exact) mass is 285 g/mol. The summed E-state index contributed by atoms with van der Waals surface area (Å²) in [6.45, 7) is 8.63. The van der Waals surface area contributed by atoms with Gasteiger partial charge in [0.1, 0.15) is 0 Å². The van der Waals surface area contributed by atoms with Gasteiger partial charge in [-0.15, -0.1) is 0 Å². The number of nitrogens with zero attached hydrogens (tertiary/aromatic N) is 1. The fourth-order valence-corrected chi connectivity index (χ4v) is 2.56. The number of aliphatic hydroxyl groups is 1. The second-order valence-corrected chi connectivity index (χ2v) is 5.90. The van der Waals surface area contributed by atoms with Crippen LogP contribution in [-0.4, -0.2) is 54.9 Å². The third-order valence-corrected chi connectivity index (χ3v) is 4.12. The lowest BCUT2D eigenvalue weighted by molar-refractivity contribution is 0.189. The maximum absolute atomic E-state index is 11.7. The molecule has 118 valence electrons. The summed E-state index contributed by atoms with van der Waals surface area (Å²) in [5, 5.41) is 14.7. The van der Waals surface area contributed by atoms with Crippen molar-refractivity contribution in [3.8, 4) is 0 Å². The molecule has 1 aliphatic heterocycles. The van der Waals surface area contributed by atoms with Crippen LogP contribution >= 0.6 is 0 Å². The summed E-state index contributed by atoms with van der Waals surface area (Å²) >= 11 is 0. The molecule has 1 aliphatic rings. The fraction of sp³-hybridized carbons (Fsp3) is 0.933. The third kappa shape index (κ3) is 7.10. The Bertz CT molecular complexity index is 266. The van der Waals surface area contributed by atoms with Gasteiger partial charge in [0.05, 0.1) is 0 Å². The number of piperidine rings is 1. The van der Waals surface area contributed by atoms with E-state index < -0.39 is 0 Å². The minimum absolute atomic E-state index is 0.0728. The zero-order chi connectivity index (χ0) is 14.8. The number of aliphatic hydroxyl groups excluding tert-OH is 1. The van der Waals surface area contributed by atoms with Crippen molar-refractivity contribution >= 4 is 6.03 Å². The molecule has 1 saturated heterocycles. The second-order valence-electron chi connectivity index (χ2n) is 5.90. The number of hydrogen-bond acceptors (Lipinski definition) is 3. The Labute approximate surface area is 123 Å². The summed E-state index contributed by atoms with van der Waals surface area (Å²) < 4.78 is 0. The van der Waals surface area contributed by atoms with Gasteiger partial charge in [-0.2, -0.15) is 0 Å². The van der Waals surface area contributed by atoms with Crippen LogP contribution < -0.4 is 10.6 Å². The van der Waals surface area contributed by atoms with Gasteiger partial charge in [-0.25, -0.2) is 4.79 Å². The molecule has 0 aromatic rings. The minimum atomic E-state index is -0.113. The highest BCUT2D eigenvalue weighted by atomic mass is 16.3. The van der Waals surface area contributed by atoms with Crippen LogP contribution in [0.1, 0.15) is 46.0 Å². The van der Waals surface area contributed by atoms with Crippen molar-refractivity contribution in [1.29, 1.82) is 0 Å². The van der Waals surface area contributed by atoms with Gasteiger partial charge in [0, 0.05) is 19.2 Å². The maximum Gasteiger partial charge on any atom is 0.315 e. The van der Waals surface area contributed by atoms with Crippen LogP contribution in [0.2, 0.25) is 0 Å². The molecule has 2 amide bonds. The predicted molar refractivity (Wildman–Crippen MR) is 81.8 cm³/mol. The number of carbonyl (C=O) groups excluding carboxylic acids is 1. The number of hydrogen-bond donors (Lipinski definition) is 3. The van der Waals surface area contributed by atoms with Crippen molar-refractivity contribution in [3.63, 3.8) is 0 Å². The summed E-state index contributed by atoms with van der Waals surface area (Å²) in [7, 11) is 0. The highest BCUT2D eigenvalue weighted by Gasteiger charge is 2.15. The van der Waals surface area contributed by atoms with E-state index in [0.717, 1.165) is 25.3 Å². The molecule has 1 rings (SSSR count). The summed E-state index contributed by atoms with van der Waals surface area (Å²) in [6.07, 6.45) is 5.06. The molecular formula is C15H31N3O2. The Morgan fingerprint density at radius 3 is 2.70 bits per heavy atom. The summed E-state index contributed by atoms with van der Waals surface area (Å²) in [6, 6.07) is -0.0406. The molecule has 0 bridgehead atoms. The van der Waals surface area contributed by atoms with Gasteiger partial charge >= 0.3 is 6.03 Å². The summed E-state index contributed by atoms with van der Waals surface area (Å²) in [4.78, 5) is 14.2. The van der Waals surface area contributed by atoms with Gasteiger partial charge in [0.15, 0.2) is 0 Å². The van der Waals surface area contributed by atoms with Gasteiger partial charge < -0.3 is 20.6 Å². The molecule has 5 heteroatoms. The van der Waals surface area contributed by atoms with Crippen LogP contribution in [0.3, 0.4) is 0 Å². The van der Waals surface area contributed by atoms with E-state index in [1.54, 1.807) is 0 Å². The minimum Gasteiger partial charge on any atom is -0.396 e. The smallest absolute Gasteiger partial charge is 0.315 e. The Morgan fingerprint density at radius 1 is 1.40 bits per heavy atom. The molecule has 0 spiro atoms. The number of carbonyl (C=O) groups is 1. The molecule has 1 unspecified atom stereocenters. The zero-order valence-electron chi connectivity index (χ0n) is 13.0. The lowest BCUT2D eigenvalue weighted by atomic mass is 9.99. The molecule has 1 fully saturated rings. The number of nitrogens with one attached hydrogen (secondary N) is 2. The molecule has 1 atom stereocenters. The SMILES string of the molecule is CCC(CCO)NC(=O)NCCCN1CCC(C)CC1. The van der Waals surface area contributed by atoms with Crippen LogP contribution in [0, 0.1) is 5.92 Å². The van der Waals surface area contributed by atoms with Gasteiger partial charge in [-0.3, -0.25) is 0 Å². The average molecular weight is 285 g/mol. The Hall–Kier alpha value is -0.810. The second kappa shape index (κ2) is 10.00. The van der Waals surface area contributed by atoms with Crippen LogP contribution in [0.25, 0.3) is 0 Å². The zero-order valence-corrected chi connectivity index (χ0v) is 13.0. The van der Waals surface area contributed by atoms with E-state index in [0.29, 0.717) is 13.0 Å². The Balaban J connectivity index is 2.04. The number of urea groups is 1. The van der Waals surface area contributed by atoms with Crippen LogP contribution in [0.4, 0.5) is 4.79 Å². The molecule has 0 aromatic heterocycles. The van der Waals surface area contributed by atoms with Crippen molar-refractivity contribution in [2.75, 3.05) is 32.8 Å². The van der Waals surface area contributed by atoms with E-state index in [-0.39, 0.29) is 18.7 Å². The van der Waals surface area contributed by atoms with Crippen molar-refractivity contribution in [3.05, 3.63) is 0 Å². The van der Waals surface area contributed by atoms with Crippen LogP contribution in [0.15, 0.2) is 0 Å². The summed E-state index contributed by atoms with van der Waals surface area (Å²) in [5.41, 5.74) is 0. The standard InChI is InChI=1S/C15H31N3O2/c1-3-14(7-12-19)17-15(20)16-8-4-9-18-10-5-13(2)6-11-18/h13-14,19H,3-12H2,1-2H3,(H2,16,17,20). The van der Waals surface area contributed by atoms with E-state index >= 15 is 0 Å². The first-order valence-corrected chi connectivity index (χ1v) is 8.03. The van der Waals surface area contributed by atoms with Gasteiger partial charge in [0.2, 0.25) is 0 Å². The normalized spacial score (nSPS) is 18.8. The van der Waals surface area contributed by atoms with E-state index in [9.17, 15) is 4.79 Å². The van der Waals surface area contributed by atoms with E-state index in [1.165, 1.54) is 25.9 Å². The maximum atomic E-state index is 11.7. The number of amides is 2. The lowest BCUT2D eigenvalue weighted by Crippen LogP contribution is -2.43.